The molecule has 0 spiro atoms. The van der Waals surface area contributed by atoms with Crippen LogP contribution in [0.3, 0.4) is 0 Å². The van der Waals surface area contributed by atoms with Crippen molar-refractivity contribution >= 4 is 17.0 Å². The van der Waals surface area contributed by atoms with E-state index in [0.717, 1.165) is 11.3 Å². The van der Waals surface area contributed by atoms with Gasteiger partial charge in [0.25, 0.3) is 0 Å². The van der Waals surface area contributed by atoms with Crippen molar-refractivity contribution in [1.29, 1.82) is 0 Å². The van der Waals surface area contributed by atoms with Crippen LogP contribution in [0.1, 0.15) is 5.69 Å². The maximum atomic E-state index is 5.75. The summed E-state index contributed by atoms with van der Waals surface area (Å²) in [5.41, 5.74) is 8.81. The maximum absolute atomic E-state index is 5.75. The van der Waals surface area contributed by atoms with E-state index >= 15 is 0 Å². The van der Waals surface area contributed by atoms with Crippen molar-refractivity contribution < 1.29 is 0 Å². The number of aromatic nitrogens is 6. The van der Waals surface area contributed by atoms with E-state index in [2.05, 4.69) is 25.0 Å². The van der Waals surface area contributed by atoms with Gasteiger partial charge in [0.05, 0.1) is 11.3 Å². The number of nitrogen functional groups attached to an aromatic ring is 1. The number of fused-ring (bicyclic) bond motifs is 1. The molecule has 0 aromatic carbocycles. The molecule has 0 amide bonds. The molecule has 3 N–H and O–H groups in total. The van der Waals surface area contributed by atoms with Crippen LogP contribution in [-0.4, -0.2) is 29.7 Å². The molecule has 3 aromatic rings. The van der Waals surface area contributed by atoms with Gasteiger partial charge in [-0.1, -0.05) is 0 Å². The molecule has 3 aromatic heterocycles. The Balaban J connectivity index is 2.25. The second kappa shape index (κ2) is 3.27. The normalized spacial score (nSPS) is 11.2. The average molecular weight is 229 g/mol. The molecule has 0 saturated carbocycles. The molecule has 0 bridgehead atoms. The van der Waals surface area contributed by atoms with Crippen molar-refractivity contribution in [2.45, 2.75) is 6.92 Å². The number of aryl methyl sites for hydroxylation is 2. The summed E-state index contributed by atoms with van der Waals surface area (Å²) in [4.78, 5) is 15.5. The van der Waals surface area contributed by atoms with Crippen LogP contribution in [0.5, 0.6) is 0 Å². The lowest BCUT2D eigenvalue weighted by molar-refractivity contribution is 0.756. The van der Waals surface area contributed by atoms with Gasteiger partial charge >= 0.3 is 0 Å². The van der Waals surface area contributed by atoms with Gasteiger partial charge in [0.1, 0.15) is 17.7 Å². The molecule has 86 valence electrons. The molecule has 0 aliphatic carbocycles. The van der Waals surface area contributed by atoms with Gasteiger partial charge < -0.3 is 10.7 Å². The zero-order valence-electron chi connectivity index (χ0n) is 9.47. The van der Waals surface area contributed by atoms with Gasteiger partial charge in [-0.3, -0.25) is 4.68 Å². The molecule has 7 nitrogen and oxygen atoms in total. The first-order valence-corrected chi connectivity index (χ1v) is 5.12. The minimum absolute atomic E-state index is 0.398. The van der Waals surface area contributed by atoms with Gasteiger partial charge in [0.2, 0.25) is 0 Å². The number of rotatable bonds is 1. The summed E-state index contributed by atoms with van der Waals surface area (Å²) in [6, 6.07) is 0. The highest BCUT2D eigenvalue weighted by atomic mass is 15.3. The van der Waals surface area contributed by atoms with Gasteiger partial charge in [-0.15, -0.1) is 0 Å². The van der Waals surface area contributed by atoms with E-state index < -0.39 is 0 Å². The third-order valence-electron chi connectivity index (χ3n) is 2.59. The van der Waals surface area contributed by atoms with Crippen molar-refractivity contribution in [3.05, 3.63) is 18.2 Å². The van der Waals surface area contributed by atoms with Crippen molar-refractivity contribution in [3.8, 4) is 11.4 Å². The number of hydrogen-bond donors (Lipinski definition) is 2. The molecule has 0 saturated heterocycles. The molecule has 0 aliphatic heterocycles. The number of hydrogen-bond acceptors (Lipinski definition) is 5. The summed E-state index contributed by atoms with van der Waals surface area (Å²) < 4.78 is 1.74. The zero-order valence-corrected chi connectivity index (χ0v) is 9.47. The molecule has 0 fully saturated rings. The third-order valence-corrected chi connectivity index (χ3v) is 2.59. The van der Waals surface area contributed by atoms with Gasteiger partial charge in [-0.2, -0.15) is 5.10 Å². The quantitative estimate of drug-likeness (QED) is 0.638. The lowest BCUT2D eigenvalue weighted by Gasteiger charge is -1.91. The summed E-state index contributed by atoms with van der Waals surface area (Å²) in [6.45, 7) is 1.93. The van der Waals surface area contributed by atoms with E-state index in [1.807, 2.05) is 20.2 Å². The topological polar surface area (TPSA) is 98.3 Å². The van der Waals surface area contributed by atoms with Crippen LogP contribution < -0.4 is 5.73 Å². The summed E-state index contributed by atoms with van der Waals surface area (Å²) in [5.74, 6) is 1.10. The molecule has 3 heterocycles. The second-order valence-corrected chi connectivity index (χ2v) is 3.84. The first-order chi connectivity index (χ1) is 8.15. The minimum Gasteiger partial charge on any atom is -0.382 e. The summed E-state index contributed by atoms with van der Waals surface area (Å²) >= 11 is 0. The summed E-state index contributed by atoms with van der Waals surface area (Å²) in [5, 5.41) is 4.27. The SMILES string of the molecule is Cc1nn(C)cc1-c1nc2ncnc(N)c2[nH]1. The van der Waals surface area contributed by atoms with E-state index in [4.69, 9.17) is 5.73 Å². The third kappa shape index (κ3) is 1.43. The monoisotopic (exact) mass is 229 g/mol. The Bertz CT molecular complexity index is 694. The molecule has 0 radical (unpaired) electrons. The maximum Gasteiger partial charge on any atom is 0.183 e. The first kappa shape index (κ1) is 9.76. The lowest BCUT2D eigenvalue weighted by Crippen LogP contribution is -1.91. The fraction of sp³-hybridized carbons (Fsp3) is 0.200. The molecule has 0 unspecified atom stereocenters. The average Bonchev–Trinajstić information content (AvgIpc) is 2.82. The van der Waals surface area contributed by atoms with Crippen molar-refractivity contribution in [2.24, 2.45) is 7.05 Å². The summed E-state index contributed by atoms with van der Waals surface area (Å²) in [7, 11) is 1.87. The van der Waals surface area contributed by atoms with Gasteiger partial charge in [0.15, 0.2) is 11.5 Å². The highest BCUT2D eigenvalue weighted by molar-refractivity contribution is 5.84. The van der Waals surface area contributed by atoms with Crippen LogP contribution >= 0.6 is 0 Å². The number of aromatic amines is 1. The van der Waals surface area contributed by atoms with Gasteiger partial charge in [0, 0.05) is 13.2 Å². The van der Waals surface area contributed by atoms with Crippen LogP contribution in [0.2, 0.25) is 0 Å². The van der Waals surface area contributed by atoms with Crippen LogP contribution in [0.4, 0.5) is 5.82 Å². The Morgan fingerprint density at radius 2 is 2.18 bits per heavy atom. The van der Waals surface area contributed by atoms with Crippen LogP contribution in [-0.2, 0) is 7.05 Å². The highest BCUT2D eigenvalue weighted by Crippen LogP contribution is 2.23. The number of nitrogens with zero attached hydrogens (tertiary/aromatic N) is 5. The van der Waals surface area contributed by atoms with Crippen LogP contribution in [0, 0.1) is 6.92 Å². The van der Waals surface area contributed by atoms with E-state index in [-0.39, 0.29) is 0 Å². The lowest BCUT2D eigenvalue weighted by atomic mass is 10.2. The Labute approximate surface area is 96.7 Å². The molecule has 0 aliphatic rings. The fourth-order valence-electron chi connectivity index (χ4n) is 1.81. The predicted octanol–water partition coefficient (Wildman–Crippen LogP) is 0.644. The highest BCUT2D eigenvalue weighted by Gasteiger charge is 2.12. The molecule has 0 atom stereocenters. The van der Waals surface area contributed by atoms with E-state index in [1.165, 1.54) is 6.33 Å². The van der Waals surface area contributed by atoms with Gasteiger partial charge in [-0.05, 0) is 6.92 Å². The van der Waals surface area contributed by atoms with Crippen molar-refractivity contribution in [3.63, 3.8) is 0 Å². The molecular formula is C10H11N7. The summed E-state index contributed by atoms with van der Waals surface area (Å²) in [6.07, 6.45) is 3.30. The number of nitrogens with one attached hydrogen (secondary N) is 1. The van der Waals surface area contributed by atoms with Crippen molar-refractivity contribution in [1.82, 2.24) is 29.7 Å². The van der Waals surface area contributed by atoms with E-state index in [1.54, 1.807) is 4.68 Å². The number of H-pyrrole nitrogens is 1. The number of nitrogens with two attached hydrogens (primary N) is 1. The smallest absolute Gasteiger partial charge is 0.183 e. The number of anilines is 1. The minimum atomic E-state index is 0.398. The standard InChI is InChI=1S/C10H11N7/c1-5-6(3-17(2)16-5)9-14-7-8(11)12-4-13-10(7)15-9/h3-4H,1-2H3,(H3,11,12,13,14,15). The zero-order chi connectivity index (χ0) is 12.0. The fourth-order valence-corrected chi connectivity index (χ4v) is 1.81. The van der Waals surface area contributed by atoms with Crippen LogP contribution in [0.15, 0.2) is 12.5 Å². The van der Waals surface area contributed by atoms with Crippen LogP contribution in [0.25, 0.3) is 22.6 Å². The van der Waals surface area contributed by atoms with Gasteiger partial charge in [-0.25, -0.2) is 15.0 Å². The Morgan fingerprint density at radius 1 is 1.35 bits per heavy atom. The Hall–Kier alpha value is -2.44. The largest absolute Gasteiger partial charge is 0.382 e. The number of imidazole rings is 1. The van der Waals surface area contributed by atoms with Crippen molar-refractivity contribution in [2.75, 3.05) is 5.73 Å². The second-order valence-electron chi connectivity index (χ2n) is 3.84. The van der Waals surface area contributed by atoms with E-state index in [0.29, 0.717) is 22.8 Å². The molecule has 7 heteroatoms. The molecular weight excluding hydrogens is 218 g/mol. The Morgan fingerprint density at radius 3 is 2.82 bits per heavy atom. The Kier molecular flexibility index (Phi) is 1.88. The first-order valence-electron chi connectivity index (χ1n) is 5.12. The van der Waals surface area contributed by atoms with E-state index in [9.17, 15) is 0 Å². The predicted molar refractivity (Wildman–Crippen MR) is 63.0 cm³/mol. The molecule has 3 rings (SSSR count). The molecule has 17 heavy (non-hydrogen) atoms.